The maximum atomic E-state index is 13.2. The van der Waals surface area contributed by atoms with Gasteiger partial charge in [-0.25, -0.2) is 0 Å². The molecule has 1 N–H and O–H groups in total. The van der Waals surface area contributed by atoms with Gasteiger partial charge in [0.25, 0.3) is 0 Å². The van der Waals surface area contributed by atoms with Crippen LogP contribution < -0.4 is 5.32 Å². The van der Waals surface area contributed by atoms with Crippen molar-refractivity contribution in [3.8, 4) is 0 Å². The van der Waals surface area contributed by atoms with Gasteiger partial charge in [-0.1, -0.05) is 67.9 Å². The van der Waals surface area contributed by atoms with Gasteiger partial charge in [-0.3, -0.25) is 9.59 Å². The van der Waals surface area contributed by atoms with Crippen molar-refractivity contribution in [2.75, 3.05) is 12.3 Å². The SMILES string of the molecule is CCCNC(=O)[C@H](CC)N(Cc1ccccc1C)C(=O)CSCc1ccc(C)cc1. The average molecular weight is 427 g/mol. The lowest BCUT2D eigenvalue weighted by atomic mass is 10.1. The van der Waals surface area contributed by atoms with Gasteiger partial charge in [0.1, 0.15) is 6.04 Å². The van der Waals surface area contributed by atoms with Crippen LogP contribution in [-0.2, 0) is 21.9 Å². The number of aryl methyl sites for hydroxylation is 2. The van der Waals surface area contributed by atoms with E-state index in [0.29, 0.717) is 25.3 Å². The molecule has 1 atom stereocenters. The number of nitrogens with zero attached hydrogens (tertiary/aromatic N) is 1. The first kappa shape index (κ1) is 24.0. The zero-order valence-corrected chi connectivity index (χ0v) is 19.4. The molecule has 162 valence electrons. The molecule has 0 saturated heterocycles. The standard InChI is InChI=1S/C25H34N2O2S/c1-5-15-26-25(29)23(6-2)27(16-22-10-8-7-9-20(22)4)24(28)18-30-17-21-13-11-19(3)12-14-21/h7-14,23H,5-6,15-18H2,1-4H3,(H,26,29)/t23-/m0/s1. The van der Waals surface area contributed by atoms with Crippen molar-refractivity contribution < 1.29 is 9.59 Å². The fourth-order valence-electron chi connectivity index (χ4n) is 3.28. The predicted octanol–water partition coefficient (Wildman–Crippen LogP) is 4.87. The lowest BCUT2D eigenvalue weighted by molar-refractivity contribution is -0.139. The third-order valence-corrected chi connectivity index (χ3v) is 6.14. The molecule has 4 nitrogen and oxygen atoms in total. The number of hydrogen-bond acceptors (Lipinski definition) is 3. The van der Waals surface area contributed by atoms with Crippen LogP contribution >= 0.6 is 11.8 Å². The number of amides is 2. The normalized spacial score (nSPS) is 11.7. The number of thioether (sulfide) groups is 1. The van der Waals surface area contributed by atoms with E-state index in [1.165, 1.54) is 11.1 Å². The molecule has 0 unspecified atom stereocenters. The van der Waals surface area contributed by atoms with E-state index in [0.717, 1.165) is 23.3 Å². The van der Waals surface area contributed by atoms with E-state index in [1.54, 1.807) is 16.7 Å². The number of carbonyl (C=O) groups excluding carboxylic acids is 2. The minimum atomic E-state index is -0.455. The summed E-state index contributed by atoms with van der Waals surface area (Å²) in [5.74, 6) is 1.08. The van der Waals surface area contributed by atoms with Crippen LogP contribution in [0, 0.1) is 13.8 Å². The van der Waals surface area contributed by atoms with Gasteiger partial charge in [-0.2, -0.15) is 0 Å². The maximum Gasteiger partial charge on any atom is 0.242 e. The molecule has 2 aromatic rings. The van der Waals surface area contributed by atoms with Gasteiger partial charge in [0, 0.05) is 18.8 Å². The van der Waals surface area contributed by atoms with Crippen LogP contribution in [0.1, 0.15) is 48.9 Å². The number of nitrogens with one attached hydrogen (secondary N) is 1. The molecule has 0 aromatic heterocycles. The van der Waals surface area contributed by atoms with E-state index in [2.05, 4.69) is 36.5 Å². The smallest absolute Gasteiger partial charge is 0.242 e. The van der Waals surface area contributed by atoms with Crippen LogP contribution in [0.4, 0.5) is 0 Å². The summed E-state index contributed by atoms with van der Waals surface area (Å²) >= 11 is 1.60. The van der Waals surface area contributed by atoms with Crippen molar-refractivity contribution in [1.82, 2.24) is 10.2 Å². The van der Waals surface area contributed by atoms with Gasteiger partial charge < -0.3 is 10.2 Å². The van der Waals surface area contributed by atoms with E-state index in [4.69, 9.17) is 0 Å². The van der Waals surface area contributed by atoms with Crippen LogP contribution in [0.5, 0.6) is 0 Å². The molecule has 0 bridgehead atoms. The second kappa shape index (κ2) is 12.4. The molecule has 0 spiro atoms. The highest BCUT2D eigenvalue weighted by atomic mass is 32.2. The minimum Gasteiger partial charge on any atom is -0.354 e. The second-order valence-electron chi connectivity index (χ2n) is 7.64. The molecule has 0 aliphatic rings. The minimum absolute atomic E-state index is 0.00821. The van der Waals surface area contributed by atoms with Crippen LogP contribution in [0.15, 0.2) is 48.5 Å². The second-order valence-corrected chi connectivity index (χ2v) is 8.63. The van der Waals surface area contributed by atoms with Crippen molar-refractivity contribution in [3.63, 3.8) is 0 Å². The Balaban J connectivity index is 2.11. The molecule has 2 amide bonds. The predicted molar refractivity (Wildman–Crippen MR) is 126 cm³/mol. The Kier molecular flexibility index (Phi) is 9.95. The Labute approximate surface area is 185 Å². The third-order valence-electron chi connectivity index (χ3n) is 5.15. The number of hydrogen-bond donors (Lipinski definition) is 1. The van der Waals surface area contributed by atoms with E-state index < -0.39 is 6.04 Å². The summed E-state index contributed by atoms with van der Waals surface area (Å²) in [5.41, 5.74) is 4.65. The Hall–Kier alpha value is -2.27. The number of carbonyl (C=O) groups is 2. The summed E-state index contributed by atoms with van der Waals surface area (Å²) in [7, 11) is 0. The largest absolute Gasteiger partial charge is 0.354 e. The molecule has 2 rings (SSSR count). The Morgan fingerprint density at radius 2 is 1.73 bits per heavy atom. The highest BCUT2D eigenvalue weighted by molar-refractivity contribution is 7.99. The Bertz CT molecular complexity index is 820. The van der Waals surface area contributed by atoms with Crippen LogP contribution in [0.3, 0.4) is 0 Å². The third kappa shape index (κ3) is 7.21. The Morgan fingerprint density at radius 3 is 2.37 bits per heavy atom. The van der Waals surface area contributed by atoms with Gasteiger partial charge in [0.2, 0.25) is 11.8 Å². The molecular formula is C25H34N2O2S. The van der Waals surface area contributed by atoms with Gasteiger partial charge in [0.15, 0.2) is 0 Å². The van der Waals surface area contributed by atoms with E-state index >= 15 is 0 Å². The lowest BCUT2D eigenvalue weighted by Gasteiger charge is -2.31. The van der Waals surface area contributed by atoms with Crippen molar-refractivity contribution in [1.29, 1.82) is 0 Å². The first-order chi connectivity index (χ1) is 14.5. The van der Waals surface area contributed by atoms with Crippen molar-refractivity contribution in [2.24, 2.45) is 0 Å². The highest BCUT2D eigenvalue weighted by Gasteiger charge is 2.28. The summed E-state index contributed by atoms with van der Waals surface area (Å²) in [6.45, 7) is 9.19. The molecule has 0 heterocycles. The summed E-state index contributed by atoms with van der Waals surface area (Å²) in [5, 5.41) is 2.97. The molecule has 0 saturated carbocycles. The van der Waals surface area contributed by atoms with Crippen molar-refractivity contribution in [3.05, 3.63) is 70.8 Å². The molecule has 0 aliphatic heterocycles. The van der Waals surface area contributed by atoms with Crippen LogP contribution in [0.25, 0.3) is 0 Å². The molecule has 0 radical (unpaired) electrons. The zero-order chi connectivity index (χ0) is 21.9. The number of rotatable bonds is 11. The maximum absolute atomic E-state index is 13.2. The lowest BCUT2D eigenvalue weighted by Crippen LogP contribution is -2.49. The van der Waals surface area contributed by atoms with Crippen LogP contribution in [-0.4, -0.2) is 35.1 Å². The highest BCUT2D eigenvalue weighted by Crippen LogP contribution is 2.19. The van der Waals surface area contributed by atoms with E-state index in [-0.39, 0.29) is 11.8 Å². The quantitative estimate of drug-likeness (QED) is 0.558. The van der Waals surface area contributed by atoms with Crippen molar-refractivity contribution >= 4 is 23.6 Å². The fraction of sp³-hybridized carbons (Fsp3) is 0.440. The van der Waals surface area contributed by atoms with Gasteiger partial charge in [-0.05, 0) is 43.4 Å². The summed E-state index contributed by atoms with van der Waals surface area (Å²) in [6, 6.07) is 16.0. The van der Waals surface area contributed by atoms with E-state index in [9.17, 15) is 9.59 Å². The molecule has 30 heavy (non-hydrogen) atoms. The van der Waals surface area contributed by atoms with Gasteiger partial charge >= 0.3 is 0 Å². The monoisotopic (exact) mass is 426 g/mol. The van der Waals surface area contributed by atoms with Crippen molar-refractivity contribution in [2.45, 2.75) is 58.9 Å². The topological polar surface area (TPSA) is 49.4 Å². The molecular weight excluding hydrogens is 392 g/mol. The molecule has 2 aromatic carbocycles. The number of benzene rings is 2. The summed E-state index contributed by atoms with van der Waals surface area (Å²) in [6.07, 6.45) is 1.47. The summed E-state index contributed by atoms with van der Waals surface area (Å²) < 4.78 is 0. The molecule has 0 aliphatic carbocycles. The summed E-state index contributed by atoms with van der Waals surface area (Å²) in [4.78, 5) is 27.7. The van der Waals surface area contributed by atoms with E-state index in [1.807, 2.05) is 45.0 Å². The first-order valence-corrected chi connectivity index (χ1v) is 11.9. The van der Waals surface area contributed by atoms with Crippen LogP contribution in [0.2, 0.25) is 0 Å². The average Bonchev–Trinajstić information content (AvgIpc) is 2.74. The van der Waals surface area contributed by atoms with Gasteiger partial charge in [0.05, 0.1) is 5.75 Å². The van der Waals surface area contributed by atoms with Gasteiger partial charge in [-0.15, -0.1) is 11.8 Å². The fourth-order valence-corrected chi connectivity index (χ4v) is 4.15. The molecule has 5 heteroatoms. The zero-order valence-electron chi connectivity index (χ0n) is 18.6. The Morgan fingerprint density at radius 1 is 1.03 bits per heavy atom. The first-order valence-electron chi connectivity index (χ1n) is 10.7. The molecule has 0 fully saturated rings.